The van der Waals surface area contributed by atoms with Crippen LogP contribution in [0.1, 0.15) is 5.56 Å². The average Bonchev–Trinajstić information content (AvgIpc) is 2.95. The average molecular weight is 427 g/mol. The molecule has 2 amide bonds. The molecule has 29 heavy (non-hydrogen) atoms. The largest absolute Gasteiger partial charge is 0.350 e. The van der Waals surface area contributed by atoms with Gasteiger partial charge in [0, 0.05) is 5.69 Å². The van der Waals surface area contributed by atoms with Gasteiger partial charge in [-0.1, -0.05) is 65.7 Å². The minimum absolute atomic E-state index is 0.0304. The summed E-state index contributed by atoms with van der Waals surface area (Å²) < 4.78 is 13.6. The minimum atomic E-state index is -0.609. The normalized spacial score (nSPS) is 14.0. The molecule has 3 aromatic rings. The van der Waals surface area contributed by atoms with E-state index in [0.717, 1.165) is 4.90 Å². The molecule has 1 N–H and O–H groups in total. The lowest BCUT2D eigenvalue weighted by atomic mass is 10.0. The Bertz CT molecular complexity index is 1160. The zero-order chi connectivity index (χ0) is 20.5. The van der Waals surface area contributed by atoms with Crippen molar-refractivity contribution in [3.05, 3.63) is 99.9 Å². The highest BCUT2D eigenvalue weighted by molar-refractivity contribution is 6.50. The second-order valence-electron chi connectivity index (χ2n) is 6.27. The van der Waals surface area contributed by atoms with E-state index in [-0.39, 0.29) is 27.0 Å². The maximum Gasteiger partial charge on any atom is 0.282 e. The molecule has 0 saturated heterocycles. The Labute approximate surface area is 176 Å². The summed E-state index contributed by atoms with van der Waals surface area (Å²) in [5.74, 6) is -1.63. The van der Waals surface area contributed by atoms with Crippen LogP contribution in [0.2, 0.25) is 10.0 Å². The highest BCUT2D eigenvalue weighted by atomic mass is 35.5. The van der Waals surface area contributed by atoms with Crippen molar-refractivity contribution in [2.45, 2.75) is 0 Å². The van der Waals surface area contributed by atoms with Crippen LogP contribution in [-0.4, -0.2) is 11.8 Å². The van der Waals surface area contributed by atoms with Crippen molar-refractivity contribution in [1.82, 2.24) is 0 Å². The maximum absolute atomic E-state index is 13.6. The smallest absolute Gasteiger partial charge is 0.282 e. The van der Waals surface area contributed by atoms with E-state index in [2.05, 4.69) is 5.32 Å². The van der Waals surface area contributed by atoms with E-state index in [1.807, 2.05) is 0 Å². The monoisotopic (exact) mass is 426 g/mol. The fraction of sp³-hybridized carbons (Fsp3) is 0. The molecule has 4 nitrogen and oxygen atoms in total. The van der Waals surface area contributed by atoms with Crippen LogP contribution < -0.4 is 10.2 Å². The van der Waals surface area contributed by atoms with Gasteiger partial charge in [-0.05, 0) is 35.9 Å². The molecule has 0 bridgehead atoms. The van der Waals surface area contributed by atoms with Crippen LogP contribution in [0.4, 0.5) is 15.8 Å². The fourth-order valence-corrected chi connectivity index (χ4v) is 3.49. The molecule has 1 aliphatic rings. The molecule has 0 atom stereocenters. The summed E-state index contributed by atoms with van der Waals surface area (Å²) in [6.07, 6.45) is 0. The van der Waals surface area contributed by atoms with Crippen molar-refractivity contribution in [3.63, 3.8) is 0 Å². The molecule has 0 spiro atoms. The Balaban J connectivity index is 1.85. The van der Waals surface area contributed by atoms with Crippen LogP contribution in [0.25, 0.3) is 5.57 Å². The third-order valence-corrected chi connectivity index (χ3v) is 5.22. The summed E-state index contributed by atoms with van der Waals surface area (Å²) in [5.41, 5.74) is 1.26. The maximum atomic E-state index is 13.6. The van der Waals surface area contributed by atoms with E-state index in [1.54, 1.807) is 48.5 Å². The first-order valence-electron chi connectivity index (χ1n) is 8.62. The lowest BCUT2D eigenvalue weighted by molar-refractivity contribution is -0.120. The molecular weight excluding hydrogens is 414 g/mol. The lowest BCUT2D eigenvalue weighted by Gasteiger charge is -2.17. The van der Waals surface area contributed by atoms with E-state index < -0.39 is 17.6 Å². The second-order valence-corrected chi connectivity index (χ2v) is 7.06. The van der Waals surface area contributed by atoms with Crippen LogP contribution in [-0.2, 0) is 9.59 Å². The molecular formula is C22H13Cl2FN2O2. The van der Waals surface area contributed by atoms with Crippen LogP contribution in [0.15, 0.2) is 78.5 Å². The Morgan fingerprint density at radius 1 is 0.828 bits per heavy atom. The molecule has 0 aromatic heterocycles. The van der Waals surface area contributed by atoms with Crippen LogP contribution in [0, 0.1) is 5.82 Å². The van der Waals surface area contributed by atoms with Crippen LogP contribution in [0.5, 0.6) is 0 Å². The SMILES string of the molecule is O=C1C(Nc2cccc(F)c2)=C(c2ccccc2)C(=O)N1c1cccc(Cl)c1Cl. The van der Waals surface area contributed by atoms with Crippen LogP contribution >= 0.6 is 23.2 Å². The summed E-state index contributed by atoms with van der Waals surface area (Å²) in [5, 5.41) is 3.21. The highest BCUT2D eigenvalue weighted by Gasteiger charge is 2.41. The van der Waals surface area contributed by atoms with Gasteiger partial charge >= 0.3 is 0 Å². The summed E-state index contributed by atoms with van der Waals surface area (Å²) in [6.45, 7) is 0. The van der Waals surface area contributed by atoms with E-state index in [4.69, 9.17) is 23.2 Å². The molecule has 4 rings (SSSR count). The molecule has 3 aromatic carbocycles. The molecule has 0 saturated carbocycles. The fourth-order valence-electron chi connectivity index (χ4n) is 3.11. The van der Waals surface area contributed by atoms with Gasteiger partial charge in [-0.2, -0.15) is 0 Å². The van der Waals surface area contributed by atoms with Gasteiger partial charge in [0.25, 0.3) is 11.8 Å². The zero-order valence-corrected chi connectivity index (χ0v) is 16.3. The molecule has 0 unspecified atom stereocenters. The van der Waals surface area contributed by atoms with E-state index in [9.17, 15) is 14.0 Å². The van der Waals surface area contributed by atoms with Gasteiger partial charge < -0.3 is 5.32 Å². The van der Waals surface area contributed by atoms with Gasteiger partial charge in [-0.25, -0.2) is 9.29 Å². The molecule has 0 radical (unpaired) electrons. The van der Waals surface area contributed by atoms with Crippen molar-refractivity contribution in [3.8, 4) is 0 Å². The topological polar surface area (TPSA) is 49.4 Å². The standard InChI is InChI=1S/C22H13Cl2FN2O2/c23-16-10-5-11-17(19(16)24)27-21(28)18(13-6-2-1-3-7-13)20(22(27)29)26-15-9-4-8-14(25)12-15/h1-12,26H. The Hall–Kier alpha value is -3.15. The summed E-state index contributed by atoms with van der Waals surface area (Å²) in [4.78, 5) is 27.5. The molecule has 0 fully saturated rings. The number of carbonyl (C=O) groups excluding carboxylic acids is 2. The Morgan fingerprint density at radius 2 is 1.55 bits per heavy atom. The molecule has 1 aliphatic heterocycles. The van der Waals surface area contributed by atoms with Crippen molar-refractivity contribution in [2.75, 3.05) is 10.2 Å². The van der Waals surface area contributed by atoms with Crippen LogP contribution in [0.3, 0.4) is 0 Å². The van der Waals surface area contributed by atoms with Crippen molar-refractivity contribution < 1.29 is 14.0 Å². The zero-order valence-electron chi connectivity index (χ0n) is 14.8. The number of rotatable bonds is 4. The van der Waals surface area contributed by atoms with E-state index >= 15 is 0 Å². The number of amides is 2. The van der Waals surface area contributed by atoms with Gasteiger partial charge in [0.2, 0.25) is 0 Å². The van der Waals surface area contributed by atoms with E-state index in [0.29, 0.717) is 11.3 Å². The van der Waals surface area contributed by atoms with Crippen molar-refractivity contribution >= 4 is 52.0 Å². The number of halogens is 3. The number of anilines is 2. The quantitative estimate of drug-likeness (QED) is 0.558. The Morgan fingerprint density at radius 3 is 2.28 bits per heavy atom. The third kappa shape index (κ3) is 3.50. The van der Waals surface area contributed by atoms with Gasteiger partial charge in [-0.15, -0.1) is 0 Å². The van der Waals surface area contributed by atoms with Gasteiger partial charge in [-0.3, -0.25) is 9.59 Å². The second kappa shape index (κ2) is 7.70. The molecule has 7 heteroatoms. The summed E-state index contributed by atoms with van der Waals surface area (Å²) >= 11 is 12.3. The molecule has 144 valence electrons. The van der Waals surface area contributed by atoms with Gasteiger partial charge in [0.15, 0.2) is 0 Å². The third-order valence-electron chi connectivity index (χ3n) is 4.41. The predicted octanol–water partition coefficient (Wildman–Crippen LogP) is 5.53. The predicted molar refractivity (Wildman–Crippen MR) is 112 cm³/mol. The number of hydrogen-bond acceptors (Lipinski definition) is 3. The first-order valence-corrected chi connectivity index (χ1v) is 9.38. The number of imide groups is 1. The number of nitrogens with one attached hydrogen (secondary N) is 1. The number of nitrogens with zero attached hydrogens (tertiary/aromatic N) is 1. The molecule has 1 heterocycles. The summed E-state index contributed by atoms with van der Waals surface area (Å²) in [6, 6.07) is 19.1. The Kier molecular flexibility index (Phi) is 5.09. The van der Waals surface area contributed by atoms with Gasteiger partial charge in [0.1, 0.15) is 11.5 Å². The minimum Gasteiger partial charge on any atom is -0.350 e. The van der Waals surface area contributed by atoms with Crippen molar-refractivity contribution in [1.29, 1.82) is 0 Å². The van der Waals surface area contributed by atoms with E-state index in [1.165, 1.54) is 24.3 Å². The molecule has 0 aliphatic carbocycles. The first kappa shape index (κ1) is 19.2. The number of hydrogen-bond donors (Lipinski definition) is 1. The number of carbonyl (C=O) groups is 2. The summed E-state index contributed by atoms with van der Waals surface area (Å²) in [7, 11) is 0. The highest BCUT2D eigenvalue weighted by Crippen LogP contribution is 2.39. The number of benzene rings is 3. The van der Waals surface area contributed by atoms with Gasteiger partial charge in [0.05, 0.1) is 21.3 Å². The van der Waals surface area contributed by atoms with Crippen molar-refractivity contribution in [2.24, 2.45) is 0 Å². The first-order chi connectivity index (χ1) is 14.0. The lowest BCUT2D eigenvalue weighted by Crippen LogP contribution is -2.32.